The summed E-state index contributed by atoms with van der Waals surface area (Å²) in [6, 6.07) is 58.0. The Bertz CT molecular complexity index is 1490. The molecule has 0 aliphatic rings. The minimum atomic E-state index is 0. The summed E-state index contributed by atoms with van der Waals surface area (Å²) in [7, 11) is 0. The highest BCUT2D eigenvalue weighted by molar-refractivity contribution is 5.82. The maximum Gasteiger partial charge on any atom is 0.0467 e. The maximum absolute atomic E-state index is 2.33. The van der Waals surface area contributed by atoms with E-state index in [4.69, 9.17) is 0 Å². The van der Waals surface area contributed by atoms with Crippen LogP contribution in [0.5, 0.6) is 0 Å². The minimum Gasteiger partial charge on any atom is -0.310 e. The predicted molar refractivity (Wildman–Crippen MR) is 166 cm³/mol. The van der Waals surface area contributed by atoms with Gasteiger partial charge < -0.3 is 4.90 Å². The highest BCUT2D eigenvalue weighted by Gasteiger charge is 2.14. The summed E-state index contributed by atoms with van der Waals surface area (Å²) in [4.78, 5) is 2.33. The molecular weight excluding hydrogens is 458 g/mol. The number of hydrogen-bond donors (Lipinski definition) is 0. The molecule has 0 saturated carbocycles. The van der Waals surface area contributed by atoms with Crippen molar-refractivity contribution in [3.63, 3.8) is 0 Å². The molecule has 6 aromatic rings. The molecule has 186 valence electrons. The van der Waals surface area contributed by atoms with Crippen LogP contribution in [0.15, 0.2) is 164 Å². The van der Waals surface area contributed by atoms with Gasteiger partial charge in [0.1, 0.15) is 0 Å². The highest BCUT2D eigenvalue weighted by atomic mass is 15.1. The van der Waals surface area contributed by atoms with Crippen molar-refractivity contribution in [1.29, 1.82) is 0 Å². The molecule has 0 heterocycles. The van der Waals surface area contributed by atoms with Gasteiger partial charge >= 0.3 is 0 Å². The van der Waals surface area contributed by atoms with Crippen LogP contribution in [0.25, 0.3) is 33.4 Å². The fourth-order valence-electron chi connectivity index (χ4n) is 4.77. The number of anilines is 3. The van der Waals surface area contributed by atoms with E-state index >= 15 is 0 Å². The Morgan fingerprint density at radius 1 is 0.289 bits per heavy atom. The number of benzene rings is 6. The summed E-state index contributed by atoms with van der Waals surface area (Å²) in [6.45, 7) is 0. The number of nitrogens with zero attached hydrogens (tertiary/aromatic N) is 1. The Hall–Kier alpha value is -4.88. The summed E-state index contributed by atoms with van der Waals surface area (Å²) in [6.07, 6.45) is 0. The summed E-state index contributed by atoms with van der Waals surface area (Å²) in [5.74, 6) is 0. The Morgan fingerprint density at radius 2 is 0.632 bits per heavy atom. The van der Waals surface area contributed by atoms with Crippen LogP contribution in [0, 0.1) is 0 Å². The molecule has 0 atom stereocenters. The van der Waals surface area contributed by atoms with Crippen LogP contribution in [0.1, 0.15) is 8.85 Å². The minimum absolute atomic E-state index is 0. The molecule has 6 aromatic carbocycles. The second kappa shape index (κ2) is 11.5. The van der Waals surface area contributed by atoms with Crippen molar-refractivity contribution in [2.75, 3.05) is 4.90 Å². The third-order valence-electron chi connectivity index (χ3n) is 6.68. The molecule has 1 heteroatoms. The third kappa shape index (κ3) is 5.28. The molecule has 0 radical (unpaired) electrons. The van der Waals surface area contributed by atoms with Crippen LogP contribution in [-0.4, -0.2) is 0 Å². The van der Waals surface area contributed by atoms with Gasteiger partial charge in [0.2, 0.25) is 0 Å². The number of rotatable bonds is 6. The van der Waals surface area contributed by atoms with Crippen LogP contribution in [0.2, 0.25) is 0 Å². The molecule has 0 saturated heterocycles. The Labute approximate surface area is 227 Å². The fraction of sp³-hybridized carbons (Fsp3) is 0.0270. The third-order valence-corrected chi connectivity index (χ3v) is 6.68. The average Bonchev–Trinajstić information content (AvgIpc) is 3.00. The fourth-order valence-corrected chi connectivity index (χ4v) is 4.77. The lowest BCUT2D eigenvalue weighted by molar-refractivity contribution is 1.28. The standard InChI is InChI=1S/C36H27N.CH4.H2/c1-4-11-28(12-5-1)31-19-23-34(24-20-31)37(35-25-21-32(22-26-35)29-13-6-2-7-14-29)36-18-10-17-33(27-36)30-15-8-3-9-16-30;;/h1-27H;1H4;1H. The van der Waals surface area contributed by atoms with Gasteiger partial charge in [0.15, 0.2) is 0 Å². The van der Waals surface area contributed by atoms with E-state index in [1.165, 1.54) is 33.4 Å². The summed E-state index contributed by atoms with van der Waals surface area (Å²) < 4.78 is 0. The molecule has 0 aliphatic heterocycles. The van der Waals surface area contributed by atoms with E-state index in [1.807, 2.05) is 0 Å². The zero-order valence-electron chi connectivity index (χ0n) is 20.5. The Kier molecular flexibility index (Phi) is 7.47. The van der Waals surface area contributed by atoms with Crippen molar-refractivity contribution >= 4 is 17.1 Å². The first-order chi connectivity index (χ1) is 18.3. The summed E-state index contributed by atoms with van der Waals surface area (Å²) >= 11 is 0. The lowest BCUT2D eigenvalue weighted by Crippen LogP contribution is -2.10. The van der Waals surface area contributed by atoms with Gasteiger partial charge in [-0.2, -0.15) is 0 Å². The first kappa shape index (κ1) is 24.8. The molecule has 0 unspecified atom stereocenters. The van der Waals surface area contributed by atoms with Gasteiger partial charge in [-0.25, -0.2) is 0 Å². The molecule has 0 fully saturated rings. The molecule has 38 heavy (non-hydrogen) atoms. The molecule has 0 N–H and O–H groups in total. The average molecular weight is 492 g/mol. The first-order valence-corrected chi connectivity index (χ1v) is 12.6. The second-order valence-corrected chi connectivity index (χ2v) is 9.08. The SMILES string of the molecule is C.[HH].c1ccc(-c2ccc(N(c3ccc(-c4ccccc4)cc3)c3cccc(-c4ccccc4)c3)cc2)cc1. The van der Waals surface area contributed by atoms with Gasteiger partial charge in [-0.3, -0.25) is 0 Å². The zero-order valence-corrected chi connectivity index (χ0v) is 20.5. The van der Waals surface area contributed by atoms with Gasteiger partial charge in [-0.05, 0) is 69.8 Å². The maximum atomic E-state index is 2.33. The van der Waals surface area contributed by atoms with Gasteiger partial charge in [0.25, 0.3) is 0 Å². The quantitative estimate of drug-likeness (QED) is 0.224. The molecular formula is C37H33N. The van der Waals surface area contributed by atoms with E-state index in [9.17, 15) is 0 Å². The van der Waals surface area contributed by atoms with Crippen LogP contribution >= 0.6 is 0 Å². The van der Waals surface area contributed by atoms with Gasteiger partial charge in [0, 0.05) is 18.5 Å². The molecule has 0 bridgehead atoms. The van der Waals surface area contributed by atoms with Crippen LogP contribution < -0.4 is 4.90 Å². The smallest absolute Gasteiger partial charge is 0.0467 e. The predicted octanol–water partition coefficient (Wildman–Crippen LogP) is 11.0. The molecule has 6 rings (SSSR count). The van der Waals surface area contributed by atoms with Crippen molar-refractivity contribution < 1.29 is 1.43 Å². The van der Waals surface area contributed by atoms with Crippen LogP contribution in [0.4, 0.5) is 17.1 Å². The first-order valence-electron chi connectivity index (χ1n) is 12.6. The van der Waals surface area contributed by atoms with Crippen molar-refractivity contribution in [2.24, 2.45) is 0 Å². The highest BCUT2D eigenvalue weighted by Crippen LogP contribution is 2.38. The van der Waals surface area contributed by atoms with Crippen molar-refractivity contribution in [2.45, 2.75) is 7.43 Å². The van der Waals surface area contributed by atoms with Gasteiger partial charge in [-0.15, -0.1) is 0 Å². The largest absolute Gasteiger partial charge is 0.310 e. The lowest BCUT2D eigenvalue weighted by atomic mass is 10.0. The van der Waals surface area contributed by atoms with E-state index in [2.05, 4.69) is 169 Å². The summed E-state index contributed by atoms with van der Waals surface area (Å²) in [5.41, 5.74) is 10.6. The molecule has 0 aromatic heterocycles. The van der Waals surface area contributed by atoms with E-state index in [0.29, 0.717) is 0 Å². The summed E-state index contributed by atoms with van der Waals surface area (Å²) in [5, 5.41) is 0. The van der Waals surface area contributed by atoms with Crippen LogP contribution in [-0.2, 0) is 0 Å². The molecule has 1 nitrogen and oxygen atoms in total. The van der Waals surface area contributed by atoms with Crippen molar-refractivity contribution in [3.05, 3.63) is 164 Å². The monoisotopic (exact) mass is 491 g/mol. The van der Waals surface area contributed by atoms with Gasteiger partial charge in [0.05, 0.1) is 0 Å². The second-order valence-electron chi connectivity index (χ2n) is 9.08. The Balaban J connectivity index is 0.00000176. The topological polar surface area (TPSA) is 3.24 Å². The van der Waals surface area contributed by atoms with E-state index in [0.717, 1.165) is 17.1 Å². The molecule has 0 amide bonds. The molecule has 0 aliphatic carbocycles. The van der Waals surface area contributed by atoms with Crippen molar-refractivity contribution in [1.82, 2.24) is 0 Å². The van der Waals surface area contributed by atoms with Gasteiger partial charge in [-0.1, -0.05) is 135 Å². The van der Waals surface area contributed by atoms with E-state index in [1.54, 1.807) is 0 Å². The normalized spacial score (nSPS) is 10.4. The van der Waals surface area contributed by atoms with Crippen LogP contribution in [0.3, 0.4) is 0 Å². The number of hydrogen-bond acceptors (Lipinski definition) is 1. The Morgan fingerprint density at radius 3 is 1.05 bits per heavy atom. The zero-order chi connectivity index (χ0) is 24.9. The van der Waals surface area contributed by atoms with Crippen molar-refractivity contribution in [3.8, 4) is 33.4 Å². The molecule has 0 spiro atoms. The lowest BCUT2D eigenvalue weighted by Gasteiger charge is -2.26. The van der Waals surface area contributed by atoms with E-state index < -0.39 is 0 Å². The van der Waals surface area contributed by atoms with E-state index in [-0.39, 0.29) is 8.85 Å².